The van der Waals surface area contributed by atoms with Crippen LogP contribution in [0, 0.1) is 5.92 Å². The smallest absolute Gasteiger partial charge is 0.225 e. The third-order valence-electron chi connectivity index (χ3n) is 5.33. The van der Waals surface area contributed by atoms with Crippen molar-refractivity contribution in [3.05, 3.63) is 71.3 Å². The molecule has 0 spiro atoms. The molecule has 3 rings (SSSR count). The van der Waals surface area contributed by atoms with Crippen LogP contribution < -0.4 is 11.1 Å². The average molecular weight is 382 g/mol. The van der Waals surface area contributed by atoms with Gasteiger partial charge in [-0.05, 0) is 23.6 Å². The van der Waals surface area contributed by atoms with Gasteiger partial charge in [0, 0.05) is 32.2 Å². The van der Waals surface area contributed by atoms with Gasteiger partial charge in [-0.2, -0.15) is 0 Å². The van der Waals surface area contributed by atoms with Gasteiger partial charge in [-0.1, -0.05) is 61.5 Å². The maximum Gasteiger partial charge on any atom is 0.225 e. The number of nitrogens with zero attached hydrogens (tertiary/aromatic N) is 1. The second-order valence-corrected chi connectivity index (χ2v) is 7.68. The largest absolute Gasteiger partial charge is 0.376 e. The standard InChI is InChI=1S/C23H31N3O2/c1-17-15-26(11-12-28-17)16-20-8-6-7-19(13-20)14-25-23(27)18(2)22(24)21-9-4-3-5-10-21/h3-10,13,17-18,22H,11-12,14-16,24H2,1-2H3,(H,25,27). The van der Waals surface area contributed by atoms with Crippen LogP contribution in [0.1, 0.15) is 36.6 Å². The minimum absolute atomic E-state index is 0.0243. The van der Waals surface area contributed by atoms with Gasteiger partial charge in [-0.3, -0.25) is 9.69 Å². The number of ether oxygens (including phenoxy) is 1. The Balaban J connectivity index is 1.53. The summed E-state index contributed by atoms with van der Waals surface area (Å²) in [5.41, 5.74) is 9.61. The number of carbonyl (C=O) groups excluding carboxylic acids is 1. The lowest BCUT2D eigenvalue weighted by Crippen LogP contribution is -2.40. The number of hydrogen-bond donors (Lipinski definition) is 2. The van der Waals surface area contributed by atoms with Crippen molar-refractivity contribution >= 4 is 5.91 Å². The summed E-state index contributed by atoms with van der Waals surface area (Å²) in [6.07, 6.45) is 0.284. The van der Waals surface area contributed by atoms with Gasteiger partial charge in [-0.25, -0.2) is 0 Å². The fourth-order valence-electron chi connectivity index (χ4n) is 3.61. The van der Waals surface area contributed by atoms with Crippen LogP contribution in [0.2, 0.25) is 0 Å². The highest BCUT2D eigenvalue weighted by Gasteiger charge is 2.22. The molecule has 5 heteroatoms. The Hall–Kier alpha value is -2.21. The molecule has 1 aliphatic heterocycles. The zero-order chi connectivity index (χ0) is 19.9. The van der Waals surface area contributed by atoms with Crippen molar-refractivity contribution in [1.29, 1.82) is 0 Å². The van der Waals surface area contributed by atoms with Crippen molar-refractivity contribution in [1.82, 2.24) is 10.2 Å². The molecule has 0 aliphatic carbocycles. The lowest BCUT2D eigenvalue weighted by Gasteiger charge is -2.31. The molecule has 3 N–H and O–H groups in total. The van der Waals surface area contributed by atoms with Crippen molar-refractivity contribution in [2.24, 2.45) is 11.7 Å². The lowest BCUT2D eigenvalue weighted by molar-refractivity contribution is -0.125. The SMILES string of the molecule is CC1CN(Cc2cccc(CNC(=O)C(C)C(N)c3ccccc3)c2)CCO1. The zero-order valence-electron chi connectivity index (χ0n) is 16.8. The average Bonchev–Trinajstić information content (AvgIpc) is 2.72. The molecule has 1 aliphatic rings. The Morgan fingerprint density at radius 3 is 2.71 bits per heavy atom. The predicted molar refractivity (Wildman–Crippen MR) is 112 cm³/mol. The first kappa shape index (κ1) is 20.5. The van der Waals surface area contributed by atoms with Gasteiger partial charge in [0.15, 0.2) is 0 Å². The van der Waals surface area contributed by atoms with E-state index in [9.17, 15) is 4.79 Å². The van der Waals surface area contributed by atoms with Gasteiger partial charge in [-0.15, -0.1) is 0 Å². The monoisotopic (exact) mass is 381 g/mol. The molecule has 28 heavy (non-hydrogen) atoms. The minimum Gasteiger partial charge on any atom is -0.376 e. The van der Waals surface area contributed by atoms with Crippen LogP contribution in [-0.2, 0) is 22.6 Å². The Morgan fingerprint density at radius 1 is 1.21 bits per heavy atom. The molecule has 2 aromatic carbocycles. The van der Waals surface area contributed by atoms with Crippen molar-refractivity contribution in [2.45, 2.75) is 39.1 Å². The zero-order valence-corrected chi connectivity index (χ0v) is 16.8. The topological polar surface area (TPSA) is 67.6 Å². The van der Waals surface area contributed by atoms with Gasteiger partial charge < -0.3 is 15.8 Å². The van der Waals surface area contributed by atoms with Crippen molar-refractivity contribution in [2.75, 3.05) is 19.7 Å². The van der Waals surface area contributed by atoms with Crippen molar-refractivity contribution in [3.8, 4) is 0 Å². The molecule has 1 saturated heterocycles. The third kappa shape index (κ3) is 5.64. The van der Waals surface area contributed by atoms with Crippen molar-refractivity contribution in [3.63, 3.8) is 0 Å². The van der Waals surface area contributed by atoms with Crippen LogP contribution in [0.25, 0.3) is 0 Å². The second-order valence-electron chi connectivity index (χ2n) is 7.68. The van der Waals surface area contributed by atoms with Crippen LogP contribution >= 0.6 is 0 Å². The fraction of sp³-hybridized carbons (Fsp3) is 0.435. The first-order chi connectivity index (χ1) is 13.5. The molecule has 0 radical (unpaired) electrons. The summed E-state index contributed by atoms with van der Waals surface area (Å²) < 4.78 is 5.61. The first-order valence-electron chi connectivity index (χ1n) is 10.0. The molecule has 2 aromatic rings. The van der Waals surface area contributed by atoms with E-state index in [2.05, 4.69) is 35.3 Å². The molecule has 1 fully saturated rings. The summed E-state index contributed by atoms with van der Waals surface area (Å²) in [7, 11) is 0. The Kier molecular flexibility index (Phi) is 7.20. The van der Waals surface area contributed by atoms with Gasteiger partial charge in [0.1, 0.15) is 0 Å². The van der Waals surface area contributed by atoms with E-state index in [0.29, 0.717) is 6.54 Å². The summed E-state index contributed by atoms with van der Waals surface area (Å²) in [5, 5.41) is 3.03. The molecule has 0 bridgehead atoms. The van der Waals surface area contributed by atoms with Crippen LogP contribution in [0.4, 0.5) is 0 Å². The molecule has 0 saturated carbocycles. The van der Waals surface area contributed by atoms with Crippen LogP contribution in [0.5, 0.6) is 0 Å². The van der Waals surface area contributed by atoms with Crippen LogP contribution in [0.15, 0.2) is 54.6 Å². The molecule has 5 nitrogen and oxygen atoms in total. The van der Waals surface area contributed by atoms with E-state index in [-0.39, 0.29) is 24.0 Å². The number of morpholine rings is 1. The van der Waals surface area contributed by atoms with E-state index in [1.165, 1.54) is 5.56 Å². The Bertz CT molecular complexity index is 765. The van der Waals surface area contributed by atoms with E-state index >= 15 is 0 Å². The van der Waals surface area contributed by atoms with Crippen molar-refractivity contribution < 1.29 is 9.53 Å². The normalized spacial score (nSPS) is 19.8. The van der Waals surface area contributed by atoms with E-state index in [1.54, 1.807) is 0 Å². The number of carbonyl (C=O) groups is 1. The summed E-state index contributed by atoms with van der Waals surface area (Å²) >= 11 is 0. The van der Waals surface area contributed by atoms with Crippen LogP contribution in [0.3, 0.4) is 0 Å². The highest BCUT2D eigenvalue weighted by Crippen LogP contribution is 2.19. The van der Waals surface area contributed by atoms with Gasteiger partial charge >= 0.3 is 0 Å². The molecule has 150 valence electrons. The summed E-state index contributed by atoms with van der Waals surface area (Å²) in [6, 6.07) is 17.9. The van der Waals surface area contributed by atoms with Gasteiger partial charge in [0.2, 0.25) is 5.91 Å². The quantitative estimate of drug-likeness (QED) is 0.774. The number of nitrogens with one attached hydrogen (secondary N) is 1. The highest BCUT2D eigenvalue weighted by atomic mass is 16.5. The molecular formula is C23H31N3O2. The Morgan fingerprint density at radius 2 is 1.96 bits per heavy atom. The minimum atomic E-state index is -0.309. The number of rotatable bonds is 7. The molecule has 3 atom stereocenters. The fourth-order valence-corrected chi connectivity index (χ4v) is 3.61. The number of nitrogens with two attached hydrogens (primary N) is 1. The molecule has 3 unspecified atom stereocenters. The Labute approximate surface area is 167 Å². The van der Waals surface area contributed by atoms with E-state index in [0.717, 1.165) is 37.4 Å². The number of amides is 1. The first-order valence-corrected chi connectivity index (χ1v) is 10.0. The molecule has 1 heterocycles. The highest BCUT2D eigenvalue weighted by molar-refractivity contribution is 5.79. The van der Waals surface area contributed by atoms with Crippen LogP contribution in [-0.4, -0.2) is 36.6 Å². The van der Waals surface area contributed by atoms with E-state index in [1.807, 2.05) is 43.3 Å². The number of hydrogen-bond acceptors (Lipinski definition) is 4. The van der Waals surface area contributed by atoms with Gasteiger partial charge in [0.05, 0.1) is 18.6 Å². The maximum atomic E-state index is 12.6. The second kappa shape index (κ2) is 9.82. The molecule has 1 amide bonds. The van der Waals surface area contributed by atoms with E-state index < -0.39 is 0 Å². The molecule has 0 aromatic heterocycles. The number of benzene rings is 2. The van der Waals surface area contributed by atoms with Gasteiger partial charge in [0.25, 0.3) is 0 Å². The maximum absolute atomic E-state index is 12.6. The summed E-state index contributed by atoms with van der Waals surface area (Å²) in [6.45, 7) is 8.11. The summed E-state index contributed by atoms with van der Waals surface area (Å²) in [4.78, 5) is 15.0. The summed E-state index contributed by atoms with van der Waals surface area (Å²) in [5.74, 6) is -0.316. The third-order valence-corrected chi connectivity index (χ3v) is 5.33. The predicted octanol–water partition coefficient (Wildman–Crippen LogP) is 2.86. The molecular weight excluding hydrogens is 350 g/mol. The van der Waals surface area contributed by atoms with E-state index in [4.69, 9.17) is 10.5 Å². The lowest BCUT2D eigenvalue weighted by atomic mass is 9.94.